The van der Waals surface area contributed by atoms with Crippen LogP contribution in [0.25, 0.3) is 0 Å². The van der Waals surface area contributed by atoms with Crippen molar-refractivity contribution in [3.05, 3.63) is 0 Å². The van der Waals surface area contributed by atoms with Crippen molar-refractivity contribution in [2.45, 2.75) is 31.7 Å². The number of nitrogens with one attached hydrogen (secondary N) is 1. The van der Waals surface area contributed by atoms with Gasteiger partial charge in [-0.2, -0.15) is 0 Å². The average Bonchev–Trinajstić information content (AvgIpc) is 2.24. The molecule has 1 fully saturated rings. The number of carbonyl (C=O) groups excluding carboxylic acids is 1. The quantitative estimate of drug-likeness (QED) is 0.700. The Labute approximate surface area is 92.2 Å². The predicted octanol–water partition coefficient (Wildman–Crippen LogP) is 0.182. The van der Waals surface area contributed by atoms with Gasteiger partial charge in [-0.3, -0.25) is 4.79 Å². The lowest BCUT2D eigenvalue weighted by Crippen LogP contribution is -2.40. The third-order valence-electron chi connectivity index (χ3n) is 3.14. The second kappa shape index (κ2) is 6.08. The number of nitrogens with two attached hydrogens (primary N) is 1. The fourth-order valence-electron chi connectivity index (χ4n) is 2.15. The first-order valence-corrected chi connectivity index (χ1v) is 5.80. The van der Waals surface area contributed by atoms with Crippen molar-refractivity contribution < 1.29 is 4.79 Å². The molecule has 0 aromatic rings. The second-order valence-corrected chi connectivity index (χ2v) is 4.49. The Bertz CT molecular complexity index is 208. The van der Waals surface area contributed by atoms with Gasteiger partial charge in [-0.1, -0.05) is 6.42 Å². The highest BCUT2D eigenvalue weighted by Crippen LogP contribution is 2.24. The van der Waals surface area contributed by atoms with Crippen LogP contribution in [0.3, 0.4) is 0 Å². The maximum atomic E-state index is 12.0. The van der Waals surface area contributed by atoms with Crippen LogP contribution in [0.15, 0.2) is 0 Å². The number of hydrogen-bond donors (Lipinski definition) is 2. The summed E-state index contributed by atoms with van der Waals surface area (Å²) in [7, 11) is 3.77. The van der Waals surface area contributed by atoms with E-state index in [0.29, 0.717) is 0 Å². The smallest absolute Gasteiger partial charge is 0.225 e. The van der Waals surface area contributed by atoms with E-state index in [-0.39, 0.29) is 17.9 Å². The van der Waals surface area contributed by atoms with Gasteiger partial charge in [-0.15, -0.1) is 0 Å². The molecule has 0 saturated heterocycles. The van der Waals surface area contributed by atoms with Crippen LogP contribution in [0, 0.1) is 5.92 Å². The van der Waals surface area contributed by atoms with E-state index in [2.05, 4.69) is 5.32 Å². The van der Waals surface area contributed by atoms with E-state index in [4.69, 9.17) is 5.73 Å². The minimum absolute atomic E-state index is 0.163. The molecule has 0 spiro atoms. The van der Waals surface area contributed by atoms with E-state index in [9.17, 15) is 4.79 Å². The minimum atomic E-state index is 0.163. The molecule has 3 N–H and O–H groups in total. The van der Waals surface area contributed by atoms with Gasteiger partial charge < -0.3 is 16.0 Å². The summed E-state index contributed by atoms with van der Waals surface area (Å²) in [4.78, 5) is 13.8. The Balaban J connectivity index is 2.37. The molecular formula is C11H23N3O. The predicted molar refractivity (Wildman–Crippen MR) is 61.5 cm³/mol. The lowest BCUT2D eigenvalue weighted by atomic mass is 9.85. The van der Waals surface area contributed by atoms with E-state index in [0.717, 1.165) is 38.8 Å². The number of rotatable bonds is 4. The van der Waals surface area contributed by atoms with Crippen molar-refractivity contribution in [1.82, 2.24) is 10.2 Å². The molecule has 88 valence electrons. The Morgan fingerprint density at radius 3 is 2.87 bits per heavy atom. The Kier molecular flexibility index (Phi) is 5.05. The standard InChI is InChI=1S/C11H23N3O/c1-13-6-7-14(2)11(15)9-4-3-5-10(12)8-9/h9-10,13H,3-8,12H2,1-2H3. The van der Waals surface area contributed by atoms with E-state index >= 15 is 0 Å². The van der Waals surface area contributed by atoms with Crippen LogP contribution >= 0.6 is 0 Å². The summed E-state index contributed by atoms with van der Waals surface area (Å²) < 4.78 is 0. The number of carbonyl (C=O) groups is 1. The molecule has 15 heavy (non-hydrogen) atoms. The van der Waals surface area contributed by atoms with Crippen molar-refractivity contribution in [1.29, 1.82) is 0 Å². The van der Waals surface area contributed by atoms with Gasteiger partial charge in [0.1, 0.15) is 0 Å². The molecule has 1 aliphatic carbocycles. The van der Waals surface area contributed by atoms with Crippen LogP contribution in [0.5, 0.6) is 0 Å². The lowest BCUT2D eigenvalue weighted by molar-refractivity contribution is -0.135. The molecule has 0 heterocycles. The summed E-state index contributed by atoms with van der Waals surface area (Å²) in [5.74, 6) is 0.427. The molecule has 0 aliphatic heterocycles. The molecule has 0 bridgehead atoms. The topological polar surface area (TPSA) is 58.4 Å². The molecule has 4 nitrogen and oxygen atoms in total. The number of nitrogens with zero attached hydrogens (tertiary/aromatic N) is 1. The van der Waals surface area contributed by atoms with E-state index in [1.165, 1.54) is 0 Å². The van der Waals surface area contributed by atoms with Crippen molar-refractivity contribution >= 4 is 5.91 Å². The molecule has 0 radical (unpaired) electrons. The van der Waals surface area contributed by atoms with Crippen LogP contribution in [0.1, 0.15) is 25.7 Å². The van der Waals surface area contributed by atoms with Gasteiger partial charge in [0.05, 0.1) is 0 Å². The van der Waals surface area contributed by atoms with Crippen LogP contribution in [0.4, 0.5) is 0 Å². The summed E-state index contributed by atoms with van der Waals surface area (Å²) in [6, 6.07) is 0.227. The molecule has 0 aromatic heterocycles. The van der Waals surface area contributed by atoms with Gasteiger partial charge >= 0.3 is 0 Å². The zero-order valence-corrected chi connectivity index (χ0v) is 9.83. The van der Waals surface area contributed by atoms with Gasteiger partial charge in [0, 0.05) is 32.1 Å². The lowest BCUT2D eigenvalue weighted by Gasteiger charge is -2.29. The van der Waals surface area contributed by atoms with E-state index in [1.807, 2.05) is 19.0 Å². The van der Waals surface area contributed by atoms with Crippen LogP contribution in [0.2, 0.25) is 0 Å². The third kappa shape index (κ3) is 3.80. The van der Waals surface area contributed by atoms with Crippen molar-refractivity contribution in [2.75, 3.05) is 27.2 Å². The van der Waals surface area contributed by atoms with Gasteiger partial charge in [0.2, 0.25) is 5.91 Å². The summed E-state index contributed by atoms with van der Waals surface area (Å²) in [5.41, 5.74) is 5.88. The highest BCUT2D eigenvalue weighted by molar-refractivity contribution is 5.78. The molecule has 1 amide bonds. The molecule has 2 unspecified atom stereocenters. The van der Waals surface area contributed by atoms with Crippen molar-refractivity contribution in [3.63, 3.8) is 0 Å². The van der Waals surface area contributed by atoms with Crippen LogP contribution in [-0.4, -0.2) is 44.0 Å². The molecule has 4 heteroatoms. The van der Waals surface area contributed by atoms with Gasteiger partial charge in [0.25, 0.3) is 0 Å². The molecule has 0 aromatic carbocycles. The normalized spacial score (nSPS) is 26.3. The van der Waals surface area contributed by atoms with Gasteiger partial charge in [-0.05, 0) is 26.3 Å². The first-order chi connectivity index (χ1) is 7.15. The Morgan fingerprint density at radius 1 is 1.53 bits per heavy atom. The molecule has 2 atom stereocenters. The molecule has 1 aliphatic rings. The average molecular weight is 213 g/mol. The molecular weight excluding hydrogens is 190 g/mol. The zero-order chi connectivity index (χ0) is 11.3. The second-order valence-electron chi connectivity index (χ2n) is 4.49. The summed E-state index contributed by atoms with van der Waals surface area (Å²) >= 11 is 0. The molecule has 1 rings (SSSR count). The van der Waals surface area contributed by atoms with Gasteiger partial charge in [-0.25, -0.2) is 0 Å². The monoisotopic (exact) mass is 213 g/mol. The van der Waals surface area contributed by atoms with Crippen molar-refractivity contribution in [2.24, 2.45) is 11.7 Å². The van der Waals surface area contributed by atoms with Crippen LogP contribution in [-0.2, 0) is 4.79 Å². The van der Waals surface area contributed by atoms with Crippen LogP contribution < -0.4 is 11.1 Å². The van der Waals surface area contributed by atoms with E-state index < -0.39 is 0 Å². The van der Waals surface area contributed by atoms with Crippen molar-refractivity contribution in [3.8, 4) is 0 Å². The zero-order valence-electron chi connectivity index (χ0n) is 9.83. The Morgan fingerprint density at radius 2 is 2.27 bits per heavy atom. The minimum Gasteiger partial charge on any atom is -0.344 e. The summed E-state index contributed by atoms with van der Waals surface area (Å²) in [5, 5.41) is 3.05. The number of amides is 1. The highest BCUT2D eigenvalue weighted by Gasteiger charge is 2.27. The summed E-state index contributed by atoms with van der Waals surface area (Å²) in [6.45, 7) is 1.63. The first-order valence-electron chi connectivity index (χ1n) is 5.80. The van der Waals surface area contributed by atoms with Gasteiger partial charge in [0.15, 0.2) is 0 Å². The number of hydrogen-bond acceptors (Lipinski definition) is 3. The maximum absolute atomic E-state index is 12.0. The SMILES string of the molecule is CNCCN(C)C(=O)C1CCCC(N)C1. The third-order valence-corrected chi connectivity index (χ3v) is 3.14. The molecule has 1 saturated carbocycles. The fourth-order valence-corrected chi connectivity index (χ4v) is 2.15. The summed E-state index contributed by atoms with van der Waals surface area (Å²) in [6.07, 6.45) is 4.04. The Hall–Kier alpha value is -0.610. The fraction of sp³-hybridized carbons (Fsp3) is 0.909. The largest absolute Gasteiger partial charge is 0.344 e. The van der Waals surface area contributed by atoms with E-state index in [1.54, 1.807) is 0 Å². The highest BCUT2D eigenvalue weighted by atomic mass is 16.2. The number of likely N-dealkylation sites (N-methyl/N-ethyl adjacent to an activating group) is 2. The maximum Gasteiger partial charge on any atom is 0.225 e. The first kappa shape index (κ1) is 12.5.